The minimum absolute atomic E-state index is 0.0435. The molecule has 2 rings (SSSR count). The molecule has 3 nitrogen and oxygen atoms in total. The van der Waals surface area contributed by atoms with Crippen LogP contribution in [0.15, 0.2) is 0 Å². The van der Waals surface area contributed by atoms with Crippen LogP contribution in [0.4, 0.5) is 0 Å². The number of rotatable bonds is 3. The van der Waals surface area contributed by atoms with Gasteiger partial charge in [0.1, 0.15) is 0 Å². The van der Waals surface area contributed by atoms with Crippen molar-refractivity contribution in [2.45, 2.75) is 57.2 Å². The van der Waals surface area contributed by atoms with Crippen molar-refractivity contribution in [2.24, 2.45) is 11.7 Å². The highest BCUT2D eigenvalue weighted by atomic mass is 16.6. The second kappa shape index (κ2) is 3.54. The Hall–Kier alpha value is -0.570. The zero-order chi connectivity index (χ0) is 10.2. The third-order valence-corrected chi connectivity index (χ3v) is 3.72. The Morgan fingerprint density at radius 3 is 2.43 bits per heavy atom. The first kappa shape index (κ1) is 9.97. The summed E-state index contributed by atoms with van der Waals surface area (Å²) in [6.45, 7) is 1.94. The number of carbonyl (C=O) groups is 1. The average molecular weight is 197 g/mol. The Balaban J connectivity index is 1.92. The lowest BCUT2D eigenvalue weighted by molar-refractivity contribution is -0.123. The molecule has 2 aliphatic rings. The molecule has 1 saturated heterocycles. The van der Waals surface area contributed by atoms with Crippen molar-refractivity contribution in [1.82, 2.24) is 0 Å². The fraction of sp³-hybridized carbons (Fsp3) is 0.909. The molecule has 1 saturated carbocycles. The highest BCUT2D eigenvalue weighted by molar-refractivity contribution is 5.86. The number of nitrogens with two attached hydrogens (primary N) is 1. The molecule has 0 spiro atoms. The lowest BCUT2D eigenvalue weighted by Gasteiger charge is -2.23. The van der Waals surface area contributed by atoms with Gasteiger partial charge in [-0.2, -0.15) is 0 Å². The summed E-state index contributed by atoms with van der Waals surface area (Å²) in [4.78, 5) is 11.3. The van der Waals surface area contributed by atoms with Crippen molar-refractivity contribution in [3.63, 3.8) is 0 Å². The molecule has 1 amide bonds. The van der Waals surface area contributed by atoms with E-state index in [2.05, 4.69) is 0 Å². The topological polar surface area (TPSA) is 55.6 Å². The van der Waals surface area contributed by atoms with Crippen LogP contribution in [-0.4, -0.2) is 17.6 Å². The lowest BCUT2D eigenvalue weighted by atomic mass is 9.81. The Morgan fingerprint density at radius 2 is 2.00 bits per heavy atom. The summed E-state index contributed by atoms with van der Waals surface area (Å²) in [6.07, 6.45) is 7.32. The van der Waals surface area contributed by atoms with Crippen LogP contribution in [-0.2, 0) is 9.53 Å². The average Bonchev–Trinajstić information content (AvgIpc) is 2.80. The predicted molar refractivity (Wildman–Crippen MR) is 53.7 cm³/mol. The van der Waals surface area contributed by atoms with Crippen molar-refractivity contribution in [3.05, 3.63) is 0 Å². The van der Waals surface area contributed by atoms with E-state index < -0.39 is 5.60 Å². The fourth-order valence-corrected chi connectivity index (χ4v) is 2.67. The van der Waals surface area contributed by atoms with Gasteiger partial charge in [-0.25, -0.2) is 0 Å². The molecule has 3 heteroatoms. The third-order valence-electron chi connectivity index (χ3n) is 3.72. The zero-order valence-electron chi connectivity index (χ0n) is 8.79. The molecule has 0 aromatic carbocycles. The fourth-order valence-electron chi connectivity index (χ4n) is 2.67. The number of amides is 1. The van der Waals surface area contributed by atoms with Crippen LogP contribution in [0.25, 0.3) is 0 Å². The summed E-state index contributed by atoms with van der Waals surface area (Å²) in [5, 5.41) is 0. The van der Waals surface area contributed by atoms with Crippen LogP contribution >= 0.6 is 0 Å². The van der Waals surface area contributed by atoms with E-state index in [4.69, 9.17) is 10.5 Å². The van der Waals surface area contributed by atoms with Crippen molar-refractivity contribution in [2.75, 3.05) is 0 Å². The van der Waals surface area contributed by atoms with Crippen molar-refractivity contribution >= 4 is 5.91 Å². The molecule has 0 bridgehead atoms. The van der Waals surface area contributed by atoms with E-state index in [1.807, 2.05) is 6.92 Å². The molecule has 2 atom stereocenters. The largest absolute Gasteiger partial charge is 0.367 e. The van der Waals surface area contributed by atoms with Gasteiger partial charge < -0.3 is 10.5 Å². The van der Waals surface area contributed by atoms with Gasteiger partial charge in [0.25, 0.3) is 5.91 Å². The molecule has 1 aliphatic carbocycles. The summed E-state index contributed by atoms with van der Waals surface area (Å²) in [7, 11) is 0. The molecule has 1 heterocycles. The molecular weight excluding hydrogens is 178 g/mol. The molecule has 0 aromatic heterocycles. The SMILES string of the molecule is CC1OC1(CC1CCCCC1)C(N)=O. The number of primary amides is 1. The molecule has 2 fully saturated rings. The molecule has 2 N–H and O–H groups in total. The Bertz CT molecular complexity index is 235. The minimum atomic E-state index is -0.595. The highest BCUT2D eigenvalue weighted by Crippen LogP contribution is 2.44. The molecule has 80 valence electrons. The van der Waals surface area contributed by atoms with Gasteiger partial charge in [0, 0.05) is 0 Å². The first-order valence-electron chi connectivity index (χ1n) is 5.63. The van der Waals surface area contributed by atoms with Crippen molar-refractivity contribution in [3.8, 4) is 0 Å². The summed E-state index contributed by atoms with van der Waals surface area (Å²) < 4.78 is 5.39. The monoisotopic (exact) mass is 197 g/mol. The van der Waals surface area contributed by atoms with Crippen molar-refractivity contribution in [1.29, 1.82) is 0 Å². The Morgan fingerprint density at radius 1 is 1.43 bits per heavy atom. The van der Waals surface area contributed by atoms with E-state index in [1.165, 1.54) is 32.1 Å². The van der Waals surface area contributed by atoms with Crippen LogP contribution in [0.5, 0.6) is 0 Å². The smallest absolute Gasteiger partial charge is 0.252 e. The maximum absolute atomic E-state index is 11.3. The van der Waals surface area contributed by atoms with Gasteiger partial charge in [-0.05, 0) is 19.3 Å². The second-order valence-electron chi connectivity index (χ2n) is 4.72. The summed E-state index contributed by atoms with van der Waals surface area (Å²) in [5.41, 5.74) is 4.78. The van der Waals surface area contributed by atoms with Crippen LogP contribution in [0.3, 0.4) is 0 Å². The highest BCUT2D eigenvalue weighted by Gasteiger charge is 2.59. The van der Waals surface area contributed by atoms with E-state index in [0.717, 1.165) is 6.42 Å². The van der Waals surface area contributed by atoms with Gasteiger partial charge in [-0.3, -0.25) is 4.79 Å². The summed E-state index contributed by atoms with van der Waals surface area (Å²) >= 11 is 0. The Labute approximate surface area is 85.0 Å². The van der Waals surface area contributed by atoms with Crippen LogP contribution in [0.1, 0.15) is 45.4 Å². The first-order valence-corrected chi connectivity index (χ1v) is 5.63. The van der Waals surface area contributed by atoms with E-state index in [0.29, 0.717) is 5.92 Å². The van der Waals surface area contributed by atoms with E-state index >= 15 is 0 Å². The maximum atomic E-state index is 11.3. The number of epoxide rings is 1. The summed E-state index contributed by atoms with van der Waals surface area (Å²) in [6, 6.07) is 0. The summed E-state index contributed by atoms with van der Waals surface area (Å²) in [5.74, 6) is 0.386. The minimum Gasteiger partial charge on any atom is -0.367 e. The van der Waals surface area contributed by atoms with E-state index in [9.17, 15) is 4.79 Å². The Kier molecular flexibility index (Phi) is 2.52. The standard InChI is InChI=1S/C11H19NO2/c1-8-11(14-8,10(12)13)7-9-5-3-2-4-6-9/h8-9H,2-7H2,1H3,(H2,12,13). The number of ether oxygens (including phenoxy) is 1. The normalized spacial score (nSPS) is 38.2. The molecular formula is C11H19NO2. The van der Waals surface area contributed by atoms with Gasteiger partial charge in [0.05, 0.1) is 6.10 Å². The first-order chi connectivity index (χ1) is 6.65. The molecule has 14 heavy (non-hydrogen) atoms. The van der Waals surface area contributed by atoms with Crippen molar-refractivity contribution < 1.29 is 9.53 Å². The quantitative estimate of drug-likeness (QED) is 0.699. The second-order valence-corrected chi connectivity index (χ2v) is 4.72. The molecule has 1 aliphatic heterocycles. The molecule has 2 unspecified atom stereocenters. The van der Waals surface area contributed by atoms with Crippen LogP contribution in [0.2, 0.25) is 0 Å². The van der Waals surface area contributed by atoms with E-state index in [1.54, 1.807) is 0 Å². The van der Waals surface area contributed by atoms with Gasteiger partial charge in [-0.1, -0.05) is 32.1 Å². The van der Waals surface area contributed by atoms with Gasteiger partial charge in [0.15, 0.2) is 5.60 Å². The molecule has 0 radical (unpaired) electrons. The maximum Gasteiger partial charge on any atom is 0.252 e. The van der Waals surface area contributed by atoms with E-state index in [-0.39, 0.29) is 12.0 Å². The molecule has 0 aromatic rings. The predicted octanol–water partition coefficient (Wildman–Crippen LogP) is 1.60. The number of hydrogen-bond donors (Lipinski definition) is 1. The number of hydrogen-bond acceptors (Lipinski definition) is 2. The van der Waals surface area contributed by atoms with Gasteiger partial charge in [0.2, 0.25) is 0 Å². The van der Waals surface area contributed by atoms with Gasteiger partial charge >= 0.3 is 0 Å². The third kappa shape index (κ3) is 1.65. The lowest BCUT2D eigenvalue weighted by Crippen LogP contribution is -2.36. The zero-order valence-corrected chi connectivity index (χ0v) is 8.79. The van der Waals surface area contributed by atoms with Gasteiger partial charge in [-0.15, -0.1) is 0 Å². The number of carbonyl (C=O) groups excluding carboxylic acids is 1. The van der Waals surface area contributed by atoms with Crippen LogP contribution < -0.4 is 5.73 Å². The van der Waals surface area contributed by atoms with Crippen LogP contribution in [0, 0.1) is 5.92 Å².